The van der Waals surface area contributed by atoms with Crippen LogP contribution in [0.3, 0.4) is 0 Å². The average molecular weight is 294 g/mol. The van der Waals surface area contributed by atoms with E-state index in [9.17, 15) is 14.3 Å². The molecule has 1 atom stereocenters. The summed E-state index contributed by atoms with van der Waals surface area (Å²) in [4.78, 5) is 13.2. The van der Waals surface area contributed by atoms with Crippen LogP contribution in [0.25, 0.3) is 0 Å². The van der Waals surface area contributed by atoms with Gasteiger partial charge in [-0.3, -0.25) is 4.79 Å². The van der Waals surface area contributed by atoms with Gasteiger partial charge in [0.2, 0.25) is 5.91 Å². The zero-order valence-electron chi connectivity index (χ0n) is 12.8. The fourth-order valence-electron chi connectivity index (χ4n) is 2.84. The fourth-order valence-corrected chi connectivity index (χ4v) is 2.84. The lowest BCUT2D eigenvalue weighted by Crippen LogP contribution is -2.44. The first-order valence-corrected chi connectivity index (χ1v) is 7.38. The summed E-state index contributed by atoms with van der Waals surface area (Å²) in [6, 6.07) is 3.43. The summed E-state index contributed by atoms with van der Waals surface area (Å²) in [5.41, 5.74) is 2.10. The summed E-state index contributed by atoms with van der Waals surface area (Å²) in [5.74, 6) is -0.293. The van der Waals surface area contributed by atoms with Crippen molar-refractivity contribution in [3.05, 3.63) is 29.1 Å². The van der Waals surface area contributed by atoms with Crippen LogP contribution in [0.15, 0.2) is 12.1 Å². The number of nitrogens with one attached hydrogen (secondary N) is 1. The highest BCUT2D eigenvalue weighted by molar-refractivity contribution is 5.73. The molecule has 0 aromatic heterocycles. The van der Waals surface area contributed by atoms with E-state index in [2.05, 4.69) is 10.2 Å². The number of nitrogens with zero attached hydrogens (tertiary/aromatic N) is 1. The zero-order chi connectivity index (χ0) is 15.6. The van der Waals surface area contributed by atoms with Gasteiger partial charge in [-0.25, -0.2) is 4.39 Å². The molecule has 2 rings (SSSR count). The number of piperidine rings is 1. The molecule has 1 aliphatic heterocycles. The highest BCUT2D eigenvalue weighted by Crippen LogP contribution is 2.31. The van der Waals surface area contributed by atoms with Crippen LogP contribution in [0.2, 0.25) is 0 Å². The van der Waals surface area contributed by atoms with E-state index in [0.29, 0.717) is 11.1 Å². The molecular formula is C16H23FN2O2. The lowest BCUT2D eigenvalue weighted by atomic mass is 9.99. The number of aliphatic hydroxyl groups excluding tert-OH is 1. The van der Waals surface area contributed by atoms with Crippen LogP contribution in [-0.4, -0.2) is 30.1 Å². The van der Waals surface area contributed by atoms with Gasteiger partial charge >= 0.3 is 0 Å². The molecule has 1 aromatic rings. The number of hydrogen-bond donors (Lipinski definition) is 2. The SMILES string of the molecule is CC(=O)NC1CCN(c2cc(C)c(F)cc2[C@H](C)O)CC1. The predicted molar refractivity (Wildman–Crippen MR) is 80.8 cm³/mol. The van der Waals surface area contributed by atoms with Crippen LogP contribution in [0.5, 0.6) is 0 Å². The molecule has 116 valence electrons. The number of aliphatic hydroxyl groups is 1. The molecule has 1 fully saturated rings. The van der Waals surface area contributed by atoms with Gasteiger partial charge in [0.15, 0.2) is 0 Å². The van der Waals surface area contributed by atoms with Crippen LogP contribution < -0.4 is 10.2 Å². The Bertz CT molecular complexity index is 523. The van der Waals surface area contributed by atoms with Crippen molar-refractivity contribution in [2.24, 2.45) is 0 Å². The summed E-state index contributed by atoms with van der Waals surface area (Å²) in [6.07, 6.45) is 1.01. The Morgan fingerprint density at radius 2 is 2.05 bits per heavy atom. The summed E-state index contributed by atoms with van der Waals surface area (Å²) in [7, 11) is 0. The number of aryl methyl sites for hydroxylation is 1. The van der Waals surface area contributed by atoms with Crippen LogP contribution in [0, 0.1) is 12.7 Å². The normalized spacial score (nSPS) is 17.7. The van der Waals surface area contributed by atoms with Gasteiger partial charge in [-0.05, 0) is 44.4 Å². The molecule has 1 aliphatic rings. The first kappa shape index (κ1) is 15.8. The van der Waals surface area contributed by atoms with Crippen molar-refractivity contribution in [2.45, 2.75) is 45.8 Å². The van der Waals surface area contributed by atoms with Gasteiger partial charge in [0, 0.05) is 37.3 Å². The lowest BCUT2D eigenvalue weighted by molar-refractivity contribution is -0.119. The van der Waals surface area contributed by atoms with E-state index in [4.69, 9.17) is 0 Å². The topological polar surface area (TPSA) is 52.6 Å². The number of carbonyl (C=O) groups is 1. The van der Waals surface area contributed by atoms with Gasteiger partial charge in [-0.2, -0.15) is 0 Å². The maximum Gasteiger partial charge on any atom is 0.217 e. The number of amides is 1. The van der Waals surface area contributed by atoms with Crippen molar-refractivity contribution in [2.75, 3.05) is 18.0 Å². The Morgan fingerprint density at radius 1 is 1.43 bits per heavy atom. The Hall–Kier alpha value is -1.62. The maximum atomic E-state index is 13.7. The number of carbonyl (C=O) groups excluding carboxylic acids is 1. The van der Waals surface area contributed by atoms with Gasteiger partial charge in [-0.15, -0.1) is 0 Å². The third-order valence-corrected chi connectivity index (χ3v) is 4.00. The number of halogens is 1. The molecular weight excluding hydrogens is 271 g/mol. The minimum atomic E-state index is -0.705. The Balaban J connectivity index is 2.16. The van der Waals surface area contributed by atoms with Gasteiger partial charge in [-0.1, -0.05) is 0 Å². The molecule has 0 spiro atoms. The Labute approximate surface area is 125 Å². The fraction of sp³-hybridized carbons (Fsp3) is 0.562. The third kappa shape index (κ3) is 3.73. The number of benzene rings is 1. The molecule has 0 saturated carbocycles. The van der Waals surface area contributed by atoms with Gasteiger partial charge in [0.1, 0.15) is 5.82 Å². The van der Waals surface area contributed by atoms with Crippen molar-refractivity contribution in [1.29, 1.82) is 0 Å². The summed E-state index contributed by atoms with van der Waals surface area (Å²) < 4.78 is 13.7. The second kappa shape index (κ2) is 6.43. The largest absolute Gasteiger partial charge is 0.389 e. The first-order chi connectivity index (χ1) is 9.88. The monoisotopic (exact) mass is 294 g/mol. The van der Waals surface area contributed by atoms with Gasteiger partial charge in [0.25, 0.3) is 0 Å². The van der Waals surface area contributed by atoms with Crippen LogP contribution in [0.1, 0.15) is 43.9 Å². The highest BCUT2D eigenvalue weighted by atomic mass is 19.1. The smallest absolute Gasteiger partial charge is 0.217 e. The quantitative estimate of drug-likeness (QED) is 0.899. The van der Waals surface area contributed by atoms with E-state index in [1.807, 2.05) is 0 Å². The van der Waals surface area contributed by atoms with Crippen LogP contribution in [-0.2, 0) is 4.79 Å². The van der Waals surface area contributed by atoms with Gasteiger partial charge in [0.05, 0.1) is 6.10 Å². The molecule has 0 aliphatic carbocycles. The van der Waals surface area contributed by atoms with Gasteiger partial charge < -0.3 is 15.3 Å². The second-order valence-corrected chi connectivity index (χ2v) is 5.80. The van der Waals surface area contributed by atoms with Crippen molar-refractivity contribution in [3.63, 3.8) is 0 Å². The third-order valence-electron chi connectivity index (χ3n) is 4.00. The highest BCUT2D eigenvalue weighted by Gasteiger charge is 2.23. The minimum Gasteiger partial charge on any atom is -0.389 e. The van der Waals surface area contributed by atoms with E-state index >= 15 is 0 Å². The molecule has 21 heavy (non-hydrogen) atoms. The van der Waals surface area contributed by atoms with E-state index in [1.165, 1.54) is 13.0 Å². The van der Waals surface area contributed by atoms with Crippen molar-refractivity contribution in [3.8, 4) is 0 Å². The van der Waals surface area contributed by atoms with E-state index in [1.54, 1.807) is 19.9 Å². The molecule has 2 N–H and O–H groups in total. The predicted octanol–water partition coefficient (Wildman–Crippen LogP) is 2.29. The molecule has 4 nitrogen and oxygen atoms in total. The van der Waals surface area contributed by atoms with Crippen LogP contribution in [0.4, 0.5) is 10.1 Å². The molecule has 1 saturated heterocycles. The van der Waals surface area contributed by atoms with E-state index in [0.717, 1.165) is 31.6 Å². The lowest BCUT2D eigenvalue weighted by Gasteiger charge is -2.35. The Morgan fingerprint density at radius 3 is 2.57 bits per heavy atom. The summed E-state index contributed by atoms with van der Waals surface area (Å²) in [6.45, 7) is 6.49. The Kier molecular flexibility index (Phi) is 4.83. The molecule has 1 amide bonds. The minimum absolute atomic E-state index is 0.00394. The molecule has 0 radical (unpaired) electrons. The number of anilines is 1. The van der Waals surface area contributed by atoms with E-state index in [-0.39, 0.29) is 17.8 Å². The molecule has 1 heterocycles. The maximum absolute atomic E-state index is 13.7. The molecule has 5 heteroatoms. The molecule has 1 aromatic carbocycles. The standard InChI is InChI=1S/C16H23FN2O2/c1-10-8-16(14(11(2)20)9-15(10)17)19-6-4-13(5-7-19)18-12(3)21/h8-9,11,13,20H,4-7H2,1-3H3,(H,18,21)/t11-/m0/s1. The number of hydrogen-bond acceptors (Lipinski definition) is 3. The molecule has 0 bridgehead atoms. The second-order valence-electron chi connectivity index (χ2n) is 5.80. The average Bonchev–Trinajstić information content (AvgIpc) is 2.41. The number of rotatable bonds is 3. The zero-order valence-corrected chi connectivity index (χ0v) is 12.8. The first-order valence-electron chi connectivity index (χ1n) is 7.38. The van der Waals surface area contributed by atoms with Crippen molar-refractivity contribution in [1.82, 2.24) is 5.32 Å². The van der Waals surface area contributed by atoms with Crippen LogP contribution >= 0.6 is 0 Å². The van der Waals surface area contributed by atoms with E-state index < -0.39 is 6.10 Å². The molecule has 0 unspecified atom stereocenters. The summed E-state index contributed by atoms with van der Waals surface area (Å²) >= 11 is 0. The summed E-state index contributed by atoms with van der Waals surface area (Å²) in [5, 5.41) is 12.8. The van der Waals surface area contributed by atoms with Crippen molar-refractivity contribution < 1.29 is 14.3 Å². The van der Waals surface area contributed by atoms with Crippen molar-refractivity contribution >= 4 is 11.6 Å².